The first-order chi connectivity index (χ1) is 14.1. The number of rotatable bonds is 7. The standard InChI is InChI=1S/C21H20N4O3S/c1-13-4-8-16(9-5-13)20-24-23-19(28-20)14(2)29-21-25-22-18(27-21)12-15-6-10-17(26-3)11-7-15/h4-11,14H,12H2,1-3H3. The molecule has 1 unspecified atom stereocenters. The molecule has 2 aromatic heterocycles. The van der Waals surface area contributed by atoms with Crippen molar-refractivity contribution in [1.29, 1.82) is 0 Å². The molecule has 2 aromatic carbocycles. The Kier molecular flexibility index (Phi) is 5.62. The zero-order valence-electron chi connectivity index (χ0n) is 16.3. The van der Waals surface area contributed by atoms with Crippen LogP contribution in [0.25, 0.3) is 11.5 Å². The zero-order chi connectivity index (χ0) is 20.2. The summed E-state index contributed by atoms with van der Waals surface area (Å²) in [5, 5.41) is 16.9. The van der Waals surface area contributed by atoms with E-state index in [4.69, 9.17) is 13.6 Å². The number of nitrogens with zero attached hydrogens (tertiary/aromatic N) is 4. The largest absolute Gasteiger partial charge is 0.497 e. The molecule has 0 N–H and O–H groups in total. The molecule has 4 rings (SSSR count). The van der Waals surface area contributed by atoms with E-state index in [9.17, 15) is 0 Å². The molecule has 1 atom stereocenters. The van der Waals surface area contributed by atoms with Crippen LogP contribution >= 0.6 is 11.8 Å². The second-order valence-electron chi connectivity index (χ2n) is 6.56. The van der Waals surface area contributed by atoms with Crippen molar-refractivity contribution in [2.75, 3.05) is 7.11 Å². The first-order valence-corrected chi connectivity index (χ1v) is 10.0. The lowest BCUT2D eigenvalue weighted by Gasteiger charge is -2.02. The van der Waals surface area contributed by atoms with Gasteiger partial charge in [-0.3, -0.25) is 0 Å². The molecule has 148 valence electrons. The molecule has 0 saturated carbocycles. The van der Waals surface area contributed by atoms with Crippen LogP contribution in [0.15, 0.2) is 62.6 Å². The van der Waals surface area contributed by atoms with E-state index in [0.717, 1.165) is 16.9 Å². The van der Waals surface area contributed by atoms with Crippen molar-refractivity contribution in [2.45, 2.75) is 30.7 Å². The molecule has 0 bridgehead atoms. The van der Waals surface area contributed by atoms with Crippen molar-refractivity contribution >= 4 is 11.8 Å². The van der Waals surface area contributed by atoms with E-state index < -0.39 is 0 Å². The number of methoxy groups -OCH3 is 1. The van der Waals surface area contributed by atoms with Crippen molar-refractivity contribution in [3.8, 4) is 17.2 Å². The molecule has 8 heteroatoms. The van der Waals surface area contributed by atoms with E-state index in [1.54, 1.807) is 7.11 Å². The lowest BCUT2D eigenvalue weighted by molar-refractivity contribution is 0.413. The molecule has 0 amide bonds. The van der Waals surface area contributed by atoms with Crippen molar-refractivity contribution in [2.24, 2.45) is 0 Å². The number of hydrogen-bond acceptors (Lipinski definition) is 8. The van der Waals surface area contributed by atoms with E-state index in [-0.39, 0.29) is 5.25 Å². The van der Waals surface area contributed by atoms with Gasteiger partial charge in [-0.2, -0.15) is 0 Å². The average Bonchev–Trinajstić information content (AvgIpc) is 3.39. The van der Waals surface area contributed by atoms with Crippen molar-refractivity contribution in [1.82, 2.24) is 20.4 Å². The van der Waals surface area contributed by atoms with E-state index in [0.29, 0.717) is 29.3 Å². The maximum Gasteiger partial charge on any atom is 0.277 e. The molecule has 2 heterocycles. The molecule has 29 heavy (non-hydrogen) atoms. The highest BCUT2D eigenvalue weighted by Gasteiger charge is 2.19. The molecule has 4 aromatic rings. The maximum absolute atomic E-state index is 5.82. The third-order valence-corrected chi connectivity index (χ3v) is 5.25. The Balaban J connectivity index is 1.40. The molecule has 0 fully saturated rings. The molecule has 0 aliphatic carbocycles. The molecule has 0 aliphatic heterocycles. The van der Waals surface area contributed by atoms with Crippen LogP contribution in [0.2, 0.25) is 0 Å². The van der Waals surface area contributed by atoms with E-state index in [2.05, 4.69) is 20.4 Å². The van der Waals surface area contributed by atoms with Crippen LogP contribution in [0, 0.1) is 6.92 Å². The SMILES string of the molecule is COc1ccc(Cc2nnc(SC(C)c3nnc(-c4ccc(C)cc4)o3)o2)cc1. The predicted octanol–water partition coefficient (Wildman–Crippen LogP) is 4.88. The van der Waals surface area contributed by atoms with Gasteiger partial charge in [-0.1, -0.05) is 41.6 Å². The van der Waals surface area contributed by atoms with E-state index in [1.807, 2.05) is 62.4 Å². The fourth-order valence-corrected chi connectivity index (χ4v) is 3.42. The Bertz CT molecular complexity index is 1070. The van der Waals surface area contributed by atoms with Gasteiger partial charge in [-0.25, -0.2) is 0 Å². The number of aromatic nitrogens is 4. The summed E-state index contributed by atoms with van der Waals surface area (Å²) in [6.07, 6.45) is 0.560. The van der Waals surface area contributed by atoms with Gasteiger partial charge in [0.25, 0.3) is 5.22 Å². The van der Waals surface area contributed by atoms with E-state index in [1.165, 1.54) is 17.3 Å². The maximum atomic E-state index is 5.82. The highest BCUT2D eigenvalue weighted by Crippen LogP contribution is 2.34. The summed E-state index contributed by atoms with van der Waals surface area (Å²) < 4.78 is 16.8. The molecule has 7 nitrogen and oxygen atoms in total. The van der Waals surface area contributed by atoms with Gasteiger partial charge >= 0.3 is 0 Å². The van der Waals surface area contributed by atoms with Crippen LogP contribution in [0.1, 0.15) is 35.1 Å². The van der Waals surface area contributed by atoms with E-state index >= 15 is 0 Å². The topological polar surface area (TPSA) is 87.1 Å². The monoisotopic (exact) mass is 408 g/mol. The molecular formula is C21H20N4O3S. The van der Waals surface area contributed by atoms with Gasteiger partial charge in [0, 0.05) is 5.56 Å². The normalized spacial score (nSPS) is 12.1. The van der Waals surface area contributed by atoms with Gasteiger partial charge in [0.1, 0.15) is 5.75 Å². The summed E-state index contributed by atoms with van der Waals surface area (Å²) in [6.45, 7) is 4.00. The summed E-state index contributed by atoms with van der Waals surface area (Å²) >= 11 is 1.39. The van der Waals surface area contributed by atoms with Gasteiger partial charge in [-0.15, -0.1) is 20.4 Å². The highest BCUT2D eigenvalue weighted by atomic mass is 32.2. The van der Waals surface area contributed by atoms with Crippen LogP contribution in [-0.4, -0.2) is 27.5 Å². The summed E-state index contributed by atoms with van der Waals surface area (Å²) in [5.74, 6) is 2.38. The predicted molar refractivity (Wildman–Crippen MR) is 109 cm³/mol. The third kappa shape index (κ3) is 4.65. The molecule has 0 aliphatic rings. The minimum Gasteiger partial charge on any atom is -0.497 e. The Hall–Kier alpha value is -3.13. The summed E-state index contributed by atoms with van der Waals surface area (Å²) in [6, 6.07) is 15.7. The lowest BCUT2D eigenvalue weighted by Crippen LogP contribution is -1.89. The van der Waals surface area contributed by atoms with Gasteiger partial charge in [0.2, 0.25) is 17.7 Å². The number of ether oxygens (including phenoxy) is 1. The quantitative estimate of drug-likeness (QED) is 0.400. The number of aryl methyl sites for hydroxylation is 1. The highest BCUT2D eigenvalue weighted by molar-refractivity contribution is 7.99. The van der Waals surface area contributed by atoms with Crippen LogP contribution in [0.5, 0.6) is 5.75 Å². The first kappa shape index (κ1) is 19.2. The Morgan fingerprint density at radius 3 is 2.41 bits per heavy atom. The fraction of sp³-hybridized carbons (Fsp3) is 0.238. The van der Waals surface area contributed by atoms with Gasteiger partial charge in [0.15, 0.2) is 0 Å². The van der Waals surface area contributed by atoms with Crippen molar-refractivity contribution < 1.29 is 13.6 Å². The molecule has 0 saturated heterocycles. The molecular weight excluding hydrogens is 388 g/mol. The lowest BCUT2D eigenvalue weighted by atomic mass is 10.1. The van der Waals surface area contributed by atoms with Crippen LogP contribution in [0.3, 0.4) is 0 Å². The van der Waals surface area contributed by atoms with Crippen LogP contribution < -0.4 is 4.74 Å². The number of thioether (sulfide) groups is 1. The third-order valence-electron chi connectivity index (χ3n) is 4.33. The minimum atomic E-state index is -0.115. The Morgan fingerprint density at radius 2 is 1.69 bits per heavy atom. The number of benzene rings is 2. The van der Waals surface area contributed by atoms with Crippen LogP contribution in [0.4, 0.5) is 0 Å². The van der Waals surface area contributed by atoms with Crippen LogP contribution in [-0.2, 0) is 6.42 Å². The minimum absolute atomic E-state index is 0.115. The Morgan fingerprint density at radius 1 is 0.931 bits per heavy atom. The fourth-order valence-electron chi connectivity index (χ4n) is 2.69. The summed E-state index contributed by atoms with van der Waals surface area (Å²) in [5.41, 5.74) is 3.14. The van der Waals surface area contributed by atoms with Gasteiger partial charge in [-0.05, 0) is 43.7 Å². The van der Waals surface area contributed by atoms with Crippen molar-refractivity contribution in [3.63, 3.8) is 0 Å². The first-order valence-electron chi connectivity index (χ1n) is 9.13. The average molecular weight is 408 g/mol. The second kappa shape index (κ2) is 8.48. The zero-order valence-corrected chi connectivity index (χ0v) is 17.1. The van der Waals surface area contributed by atoms with Crippen molar-refractivity contribution in [3.05, 3.63) is 71.4 Å². The van der Waals surface area contributed by atoms with Gasteiger partial charge in [0.05, 0.1) is 18.8 Å². The van der Waals surface area contributed by atoms with Gasteiger partial charge < -0.3 is 13.6 Å². The number of hydrogen-bond donors (Lipinski definition) is 0. The molecule has 0 spiro atoms. The smallest absolute Gasteiger partial charge is 0.277 e. The molecule has 0 radical (unpaired) electrons. The second-order valence-corrected chi connectivity index (χ2v) is 7.85. The Labute approximate surface area is 172 Å². The summed E-state index contributed by atoms with van der Waals surface area (Å²) in [4.78, 5) is 0. The summed E-state index contributed by atoms with van der Waals surface area (Å²) in [7, 11) is 1.64.